The van der Waals surface area contributed by atoms with Crippen molar-refractivity contribution in [2.75, 3.05) is 0 Å². The highest BCUT2D eigenvalue weighted by Crippen LogP contribution is 2.69. The predicted octanol–water partition coefficient (Wildman–Crippen LogP) is 22.2. The Bertz CT molecular complexity index is 4420. The highest BCUT2D eigenvalue weighted by atomic mass is 14.8. The summed E-state index contributed by atoms with van der Waals surface area (Å²) in [5.74, 6) is 10.6. The summed E-state index contributed by atoms with van der Waals surface area (Å²) in [5.41, 5.74) is 49.4. The number of nitrogens with one attached hydrogen (secondary N) is 2. The zero-order valence-corrected chi connectivity index (χ0v) is 51.0. The lowest BCUT2D eigenvalue weighted by molar-refractivity contribution is 0.692. The van der Waals surface area contributed by atoms with E-state index >= 15 is 0 Å². The van der Waals surface area contributed by atoms with Crippen LogP contribution in [0.4, 0.5) is 0 Å². The third-order valence-corrected chi connectivity index (χ3v) is 29.9. The first kappa shape index (κ1) is 47.4. The topological polar surface area (TPSA) is 57.4 Å². The summed E-state index contributed by atoms with van der Waals surface area (Å²) in [7, 11) is 0. The molecule has 16 aliphatic carbocycles. The van der Waals surface area contributed by atoms with Gasteiger partial charge in [0, 0.05) is 44.3 Å². The Balaban J connectivity index is 0.871. The summed E-state index contributed by atoms with van der Waals surface area (Å²) < 4.78 is 0. The van der Waals surface area contributed by atoms with Crippen LogP contribution in [-0.2, 0) is 0 Å². The largest absolute Gasteiger partial charge is 0.354 e. The van der Waals surface area contributed by atoms with Gasteiger partial charge in [0.25, 0.3) is 0 Å². The van der Waals surface area contributed by atoms with Crippen molar-refractivity contribution in [3.63, 3.8) is 0 Å². The zero-order valence-electron chi connectivity index (χ0n) is 51.0. The maximum atomic E-state index is 6.38. The molecular weight excluding hydrogens is 1060 g/mol. The van der Waals surface area contributed by atoms with Gasteiger partial charge in [0.2, 0.25) is 0 Å². The average molecular weight is 1140 g/mol. The van der Waals surface area contributed by atoms with Crippen LogP contribution in [0.3, 0.4) is 0 Å². The quantitative estimate of drug-likeness (QED) is 0.184. The second kappa shape index (κ2) is 16.1. The molecule has 434 valence electrons. The molecular formula is C84H78N4. The molecule has 2 N–H and O–H groups in total. The fourth-order valence-corrected chi connectivity index (χ4v) is 26.8. The number of hydrogen-bond donors (Lipinski definition) is 2. The van der Waals surface area contributed by atoms with E-state index in [1.54, 1.807) is 111 Å². The number of fused-ring (bicyclic) bond motifs is 48. The minimum atomic E-state index is 0.624. The Labute approximate surface area is 517 Å². The van der Waals surface area contributed by atoms with Gasteiger partial charge in [0.1, 0.15) is 0 Å². The van der Waals surface area contributed by atoms with Crippen LogP contribution < -0.4 is 0 Å². The second-order valence-electron chi connectivity index (χ2n) is 33.2. The van der Waals surface area contributed by atoms with Crippen LogP contribution in [0.5, 0.6) is 0 Å². The van der Waals surface area contributed by atoms with E-state index in [-0.39, 0.29) is 0 Å². The molecule has 25 rings (SSSR count). The number of aromatic amines is 2. The summed E-state index contributed by atoms with van der Waals surface area (Å²) in [6.07, 6.45) is 42.3. The molecule has 24 bridgehead atoms. The lowest BCUT2D eigenvalue weighted by Crippen LogP contribution is -2.10. The van der Waals surface area contributed by atoms with Gasteiger partial charge >= 0.3 is 0 Å². The van der Waals surface area contributed by atoms with Crippen LogP contribution in [0.2, 0.25) is 0 Å². The normalized spacial score (nSPS) is 34.5. The highest BCUT2D eigenvalue weighted by Gasteiger charge is 2.52. The summed E-state index contributed by atoms with van der Waals surface area (Å²) in [4.78, 5) is 21.9. The lowest BCUT2D eigenvalue weighted by Gasteiger charge is -2.28. The van der Waals surface area contributed by atoms with Gasteiger partial charge in [-0.1, -0.05) is 24.3 Å². The molecule has 8 fully saturated rings. The van der Waals surface area contributed by atoms with Crippen molar-refractivity contribution < 1.29 is 0 Å². The van der Waals surface area contributed by atoms with Crippen LogP contribution in [0.25, 0.3) is 90.9 Å². The third-order valence-electron chi connectivity index (χ3n) is 29.9. The average Bonchev–Trinajstić information content (AvgIpc) is 1.58. The fourth-order valence-electron chi connectivity index (χ4n) is 26.8. The van der Waals surface area contributed by atoms with Gasteiger partial charge in [-0.3, -0.25) is 0 Å². The molecule has 0 unspecified atom stereocenters. The zero-order chi connectivity index (χ0) is 56.0. The van der Waals surface area contributed by atoms with E-state index in [4.69, 9.17) is 9.97 Å². The van der Waals surface area contributed by atoms with E-state index in [1.807, 2.05) is 0 Å². The van der Waals surface area contributed by atoms with E-state index in [1.165, 1.54) is 210 Å². The molecule has 4 nitrogen and oxygen atoms in total. The van der Waals surface area contributed by atoms with Crippen molar-refractivity contribution in [3.05, 3.63) is 160 Å². The Hall–Kier alpha value is -6.52. The molecule has 0 spiro atoms. The Morgan fingerprint density at radius 1 is 0.216 bits per heavy atom. The smallest absolute Gasteiger partial charge is 0.0738 e. The highest BCUT2D eigenvalue weighted by molar-refractivity contribution is 6.04. The first-order valence-corrected chi connectivity index (χ1v) is 36.5. The summed E-state index contributed by atoms with van der Waals surface area (Å²) in [6.45, 7) is 0. The molecule has 16 atom stereocenters. The van der Waals surface area contributed by atoms with Gasteiger partial charge in [0.05, 0.1) is 22.8 Å². The number of hydrogen-bond acceptors (Lipinski definition) is 2. The van der Waals surface area contributed by atoms with Gasteiger partial charge in [-0.15, -0.1) is 0 Å². The number of nitrogens with zero attached hydrogens (tertiary/aromatic N) is 2. The van der Waals surface area contributed by atoms with Crippen LogP contribution in [0, 0.1) is 0 Å². The number of H-pyrrole nitrogens is 2. The second-order valence-corrected chi connectivity index (χ2v) is 33.2. The summed E-state index contributed by atoms with van der Waals surface area (Å²) in [6, 6.07) is 21.5. The van der Waals surface area contributed by atoms with E-state index in [0.717, 1.165) is 11.4 Å². The van der Waals surface area contributed by atoms with Crippen LogP contribution in [-0.4, -0.2) is 19.9 Å². The monoisotopic (exact) mass is 1140 g/mol. The fraction of sp³-hybridized carbons (Fsp3) is 0.476. The van der Waals surface area contributed by atoms with Gasteiger partial charge in [-0.05, 0) is 409 Å². The minimum absolute atomic E-state index is 0.624. The van der Waals surface area contributed by atoms with Crippen molar-refractivity contribution >= 4 is 46.4 Å². The molecule has 7 aromatic rings. The SMILES string of the molecule is C1=Cc2nc1c(-c1c3c(cc4c1[C@H]1CC[C@@H]4C1)[C@@H]1CC[C@H]3C1)c1nc(c(-c3c4c(cc5c3[C@H]3CC[C@@H]5C3)[C@@H]3CC[C@H]4C3)c3ccc([nH]3)c(-c3c4c(cc5c3[C@H]3CC[C@@H]5C3)[C@@H]3CC[C@H]4C3)c3ccc([nH]3)c2-c2c3c(cc4c2[C@H]2CC[C@@H]4C2)[C@@H]2CC[C@H]3C2)C=C1. The maximum Gasteiger partial charge on any atom is 0.0738 e. The molecule has 3 aromatic heterocycles. The lowest BCUT2D eigenvalue weighted by atomic mass is 9.76. The molecule has 0 saturated heterocycles. The Morgan fingerprint density at radius 2 is 0.409 bits per heavy atom. The van der Waals surface area contributed by atoms with Crippen molar-refractivity contribution in [1.82, 2.24) is 19.9 Å². The van der Waals surface area contributed by atoms with E-state index in [9.17, 15) is 0 Å². The molecule has 8 saturated carbocycles. The molecule has 2 aliphatic heterocycles. The molecule has 4 heteroatoms. The molecule has 18 aliphatic rings. The van der Waals surface area contributed by atoms with Crippen LogP contribution in [0.15, 0.2) is 48.5 Å². The Morgan fingerprint density at radius 3 is 0.659 bits per heavy atom. The van der Waals surface area contributed by atoms with E-state index < -0.39 is 0 Å². The first-order valence-electron chi connectivity index (χ1n) is 36.5. The number of aromatic nitrogens is 4. The molecule has 0 radical (unpaired) electrons. The van der Waals surface area contributed by atoms with Crippen molar-refractivity contribution in [3.8, 4) is 44.5 Å². The summed E-state index contributed by atoms with van der Waals surface area (Å²) in [5, 5.41) is 0. The number of rotatable bonds is 4. The van der Waals surface area contributed by atoms with Gasteiger partial charge < -0.3 is 9.97 Å². The van der Waals surface area contributed by atoms with Crippen LogP contribution >= 0.6 is 0 Å². The van der Waals surface area contributed by atoms with Crippen molar-refractivity contribution in [2.24, 2.45) is 0 Å². The van der Waals surface area contributed by atoms with Crippen LogP contribution in [0.1, 0.15) is 361 Å². The molecule has 0 amide bonds. The Kier molecular flexibility index (Phi) is 8.70. The number of benzene rings is 4. The minimum Gasteiger partial charge on any atom is -0.354 e. The van der Waals surface area contributed by atoms with Gasteiger partial charge in [-0.2, -0.15) is 0 Å². The molecule has 88 heavy (non-hydrogen) atoms. The maximum absolute atomic E-state index is 6.38. The van der Waals surface area contributed by atoms with E-state index in [2.05, 4.69) is 82.8 Å². The summed E-state index contributed by atoms with van der Waals surface area (Å²) >= 11 is 0. The van der Waals surface area contributed by atoms with E-state index in [0.29, 0.717) is 94.7 Å². The van der Waals surface area contributed by atoms with Crippen molar-refractivity contribution in [2.45, 2.75) is 249 Å². The van der Waals surface area contributed by atoms with Gasteiger partial charge in [-0.25, -0.2) is 9.97 Å². The standard InChI is InChI=1S/C84H78N4/c1-9-45-25-37(1)53-33-54-38-2-10-46(26-38)70(54)81(69(45)53)77-61-17-19-63(85-61)78(82-71-47-11-3-39(27-47)55(71)34-56-40-4-12-48(28-40)72(56)82)65-21-23-67(87-65)80(84-75-51-15-7-43(31-51)59(75)36-60-44-8-16-52(32-44)76(60)84)68-24-22-66(88-68)79(64-20-18-62(77)86-64)83-73-49-13-5-41(29-49)57(73)35-58-42-6-14-50(30-42)74(58)83/h17-24,33-52,85-86H,1-16,25-32H2/t37-,38-,39-,40-,41-,42-,43-,44-,45+,46+,47+,48+,49+,50+,51+,52+/m1/s1. The van der Waals surface area contributed by atoms with Crippen molar-refractivity contribution in [1.29, 1.82) is 0 Å². The predicted molar refractivity (Wildman–Crippen MR) is 355 cm³/mol. The third kappa shape index (κ3) is 5.68. The first-order chi connectivity index (χ1) is 43.5. The van der Waals surface area contributed by atoms with Gasteiger partial charge in [0.15, 0.2) is 0 Å². The molecule has 4 aromatic carbocycles. The molecule has 5 heterocycles.